The molecular weight excluding hydrogens is 184 g/mol. The van der Waals surface area contributed by atoms with Crippen LogP contribution in [-0.2, 0) is 6.54 Å². The molecule has 1 aromatic carbocycles. The Morgan fingerprint density at radius 3 is 2.40 bits per heavy atom. The van der Waals surface area contributed by atoms with E-state index in [1.165, 1.54) is 12.0 Å². The monoisotopic (exact) mass is 206 g/mol. The highest BCUT2D eigenvalue weighted by Crippen LogP contribution is 2.00. The Bertz CT molecular complexity index is 256. The van der Waals surface area contributed by atoms with Crippen molar-refractivity contribution in [1.82, 2.24) is 10.2 Å². The summed E-state index contributed by atoms with van der Waals surface area (Å²) in [5.74, 6) is 0. The van der Waals surface area contributed by atoms with Crippen LogP contribution in [0.4, 0.5) is 0 Å². The number of likely N-dealkylation sites (N-methyl/N-ethyl adjacent to an activating group) is 1. The van der Waals surface area contributed by atoms with Crippen LogP contribution < -0.4 is 5.32 Å². The lowest BCUT2D eigenvalue weighted by Gasteiger charge is -2.23. The molecule has 0 bridgehead atoms. The number of nitrogens with zero attached hydrogens (tertiary/aromatic N) is 1. The predicted octanol–water partition coefficient (Wildman–Crippen LogP) is 2.12. The van der Waals surface area contributed by atoms with Gasteiger partial charge in [0.25, 0.3) is 0 Å². The van der Waals surface area contributed by atoms with E-state index in [4.69, 9.17) is 0 Å². The van der Waals surface area contributed by atoms with Crippen LogP contribution in [0.1, 0.15) is 18.9 Å². The minimum absolute atomic E-state index is 0.633. The number of benzene rings is 1. The van der Waals surface area contributed by atoms with E-state index >= 15 is 0 Å². The van der Waals surface area contributed by atoms with Gasteiger partial charge in [-0.1, -0.05) is 37.3 Å². The Hall–Kier alpha value is -0.860. The molecule has 0 radical (unpaired) electrons. The van der Waals surface area contributed by atoms with Crippen molar-refractivity contribution in [3.8, 4) is 0 Å². The Labute approximate surface area is 93.3 Å². The van der Waals surface area contributed by atoms with Gasteiger partial charge in [-0.25, -0.2) is 0 Å². The molecule has 84 valence electrons. The van der Waals surface area contributed by atoms with Crippen LogP contribution in [0, 0.1) is 0 Å². The molecule has 1 N–H and O–H groups in total. The molecule has 1 atom stereocenters. The standard InChI is InChI=1S/C13H22N2/c1-4-13(15(2)3)11-14-10-12-8-6-5-7-9-12/h5-9,13-14H,4,10-11H2,1-3H3. The lowest BCUT2D eigenvalue weighted by Crippen LogP contribution is -2.37. The van der Waals surface area contributed by atoms with Crippen LogP contribution in [-0.4, -0.2) is 31.6 Å². The van der Waals surface area contributed by atoms with E-state index in [0.29, 0.717) is 6.04 Å². The van der Waals surface area contributed by atoms with Crippen LogP contribution in [0.25, 0.3) is 0 Å². The van der Waals surface area contributed by atoms with E-state index in [2.05, 4.69) is 61.6 Å². The molecule has 0 aliphatic carbocycles. The first kappa shape index (κ1) is 12.2. The Kier molecular flexibility index (Phi) is 5.37. The van der Waals surface area contributed by atoms with Crippen molar-refractivity contribution in [2.75, 3.05) is 20.6 Å². The van der Waals surface area contributed by atoms with E-state index < -0.39 is 0 Å². The second-order valence-corrected chi connectivity index (χ2v) is 4.14. The molecule has 1 unspecified atom stereocenters. The van der Waals surface area contributed by atoms with Gasteiger partial charge >= 0.3 is 0 Å². The quantitative estimate of drug-likeness (QED) is 0.767. The number of nitrogens with one attached hydrogen (secondary N) is 1. The first-order valence-corrected chi connectivity index (χ1v) is 5.65. The first-order chi connectivity index (χ1) is 7.24. The summed E-state index contributed by atoms with van der Waals surface area (Å²) in [6, 6.07) is 11.2. The van der Waals surface area contributed by atoms with Crippen molar-refractivity contribution in [3.05, 3.63) is 35.9 Å². The highest BCUT2D eigenvalue weighted by molar-refractivity contribution is 5.14. The number of hydrogen-bond acceptors (Lipinski definition) is 2. The summed E-state index contributed by atoms with van der Waals surface area (Å²) >= 11 is 0. The predicted molar refractivity (Wildman–Crippen MR) is 65.9 cm³/mol. The van der Waals surface area contributed by atoms with Crippen LogP contribution in [0.5, 0.6) is 0 Å². The summed E-state index contributed by atoms with van der Waals surface area (Å²) < 4.78 is 0. The zero-order chi connectivity index (χ0) is 11.1. The van der Waals surface area contributed by atoms with E-state index in [-0.39, 0.29) is 0 Å². The Morgan fingerprint density at radius 1 is 1.20 bits per heavy atom. The summed E-state index contributed by atoms with van der Waals surface area (Å²) in [5, 5.41) is 3.49. The summed E-state index contributed by atoms with van der Waals surface area (Å²) in [6.07, 6.45) is 1.19. The molecule has 0 spiro atoms. The summed E-state index contributed by atoms with van der Waals surface area (Å²) in [4.78, 5) is 2.28. The molecule has 0 aliphatic heterocycles. The molecular formula is C13H22N2. The van der Waals surface area contributed by atoms with Crippen molar-refractivity contribution in [2.24, 2.45) is 0 Å². The van der Waals surface area contributed by atoms with E-state index in [9.17, 15) is 0 Å². The summed E-state index contributed by atoms with van der Waals surface area (Å²) in [6.45, 7) is 4.25. The molecule has 1 aromatic rings. The minimum atomic E-state index is 0.633. The second kappa shape index (κ2) is 6.59. The third kappa shape index (κ3) is 4.45. The van der Waals surface area contributed by atoms with Gasteiger partial charge in [0.05, 0.1) is 0 Å². The topological polar surface area (TPSA) is 15.3 Å². The van der Waals surface area contributed by atoms with Gasteiger partial charge in [0.15, 0.2) is 0 Å². The van der Waals surface area contributed by atoms with E-state index in [0.717, 1.165) is 13.1 Å². The van der Waals surface area contributed by atoms with Gasteiger partial charge in [-0.3, -0.25) is 0 Å². The van der Waals surface area contributed by atoms with Crippen molar-refractivity contribution in [1.29, 1.82) is 0 Å². The number of hydrogen-bond donors (Lipinski definition) is 1. The van der Waals surface area contributed by atoms with Crippen molar-refractivity contribution < 1.29 is 0 Å². The highest BCUT2D eigenvalue weighted by Gasteiger charge is 2.07. The SMILES string of the molecule is CCC(CNCc1ccccc1)N(C)C. The Balaban J connectivity index is 2.27. The van der Waals surface area contributed by atoms with Crippen LogP contribution in [0.3, 0.4) is 0 Å². The molecule has 15 heavy (non-hydrogen) atoms. The van der Waals surface area contributed by atoms with Gasteiger partial charge in [-0.15, -0.1) is 0 Å². The van der Waals surface area contributed by atoms with Gasteiger partial charge in [0.2, 0.25) is 0 Å². The third-order valence-electron chi connectivity index (χ3n) is 2.75. The van der Waals surface area contributed by atoms with Gasteiger partial charge in [0, 0.05) is 19.1 Å². The van der Waals surface area contributed by atoms with Crippen LogP contribution >= 0.6 is 0 Å². The molecule has 0 aromatic heterocycles. The van der Waals surface area contributed by atoms with Crippen molar-refractivity contribution >= 4 is 0 Å². The van der Waals surface area contributed by atoms with Gasteiger partial charge in [-0.2, -0.15) is 0 Å². The lowest BCUT2D eigenvalue weighted by atomic mass is 10.2. The average molecular weight is 206 g/mol. The smallest absolute Gasteiger partial charge is 0.0212 e. The van der Waals surface area contributed by atoms with Gasteiger partial charge in [0.1, 0.15) is 0 Å². The molecule has 0 saturated heterocycles. The fraction of sp³-hybridized carbons (Fsp3) is 0.538. The minimum Gasteiger partial charge on any atom is -0.311 e. The number of rotatable bonds is 6. The lowest BCUT2D eigenvalue weighted by molar-refractivity contribution is 0.276. The van der Waals surface area contributed by atoms with Gasteiger partial charge in [-0.05, 0) is 26.1 Å². The summed E-state index contributed by atoms with van der Waals surface area (Å²) in [5.41, 5.74) is 1.35. The fourth-order valence-corrected chi connectivity index (χ4v) is 1.67. The maximum absolute atomic E-state index is 3.49. The molecule has 0 saturated carbocycles. The maximum atomic E-state index is 3.49. The maximum Gasteiger partial charge on any atom is 0.0212 e. The normalized spacial score (nSPS) is 13.1. The third-order valence-corrected chi connectivity index (χ3v) is 2.75. The Morgan fingerprint density at radius 2 is 1.87 bits per heavy atom. The van der Waals surface area contributed by atoms with E-state index in [1.807, 2.05) is 0 Å². The highest BCUT2D eigenvalue weighted by atomic mass is 15.1. The van der Waals surface area contributed by atoms with Crippen LogP contribution in [0.15, 0.2) is 30.3 Å². The summed E-state index contributed by atoms with van der Waals surface area (Å²) in [7, 11) is 4.27. The zero-order valence-corrected chi connectivity index (χ0v) is 10.0. The van der Waals surface area contributed by atoms with Crippen LogP contribution in [0.2, 0.25) is 0 Å². The first-order valence-electron chi connectivity index (χ1n) is 5.65. The molecule has 2 heteroatoms. The van der Waals surface area contributed by atoms with Crippen molar-refractivity contribution in [2.45, 2.75) is 25.9 Å². The largest absolute Gasteiger partial charge is 0.311 e. The second-order valence-electron chi connectivity index (χ2n) is 4.14. The average Bonchev–Trinajstić information content (AvgIpc) is 2.25. The zero-order valence-electron chi connectivity index (χ0n) is 10.0. The van der Waals surface area contributed by atoms with Gasteiger partial charge < -0.3 is 10.2 Å². The molecule has 0 fully saturated rings. The molecule has 1 rings (SSSR count). The molecule has 0 aliphatic rings. The molecule has 0 heterocycles. The molecule has 2 nitrogen and oxygen atoms in total. The van der Waals surface area contributed by atoms with E-state index in [1.54, 1.807) is 0 Å². The molecule has 0 amide bonds. The fourth-order valence-electron chi connectivity index (χ4n) is 1.67. The van der Waals surface area contributed by atoms with Crippen molar-refractivity contribution in [3.63, 3.8) is 0 Å².